The van der Waals surface area contributed by atoms with Gasteiger partial charge in [-0.3, -0.25) is 0 Å². The number of carboxylic acids is 1. The number of carbonyl (C=O) groups is 1. The number of thiazole rings is 1. The Labute approximate surface area is 170 Å². The molecule has 28 heavy (non-hydrogen) atoms. The van der Waals surface area contributed by atoms with Gasteiger partial charge >= 0.3 is 0 Å². The Morgan fingerprint density at radius 3 is 2.61 bits per heavy atom. The van der Waals surface area contributed by atoms with Crippen LogP contribution in [-0.4, -0.2) is 20.7 Å². The average molecular weight is 409 g/mol. The van der Waals surface area contributed by atoms with Crippen LogP contribution in [0.5, 0.6) is 0 Å². The number of aromatic nitrogens is 3. The molecule has 0 N–H and O–H groups in total. The highest BCUT2D eigenvalue weighted by atomic mass is 35.5. The molecular formula is C21H15ClN3O2S-. The topological polar surface area (TPSA) is 70.8 Å². The van der Waals surface area contributed by atoms with Crippen molar-refractivity contribution >= 4 is 50.8 Å². The zero-order valence-corrected chi connectivity index (χ0v) is 16.5. The molecule has 0 aliphatic heterocycles. The predicted octanol–water partition coefficient (Wildman–Crippen LogP) is 4.12. The van der Waals surface area contributed by atoms with Crippen molar-refractivity contribution < 1.29 is 9.90 Å². The molecule has 0 atom stereocenters. The normalized spacial score (nSPS) is 11.9. The summed E-state index contributed by atoms with van der Waals surface area (Å²) in [5.41, 5.74) is 3.57. The van der Waals surface area contributed by atoms with Gasteiger partial charge in [0.05, 0.1) is 21.6 Å². The molecule has 5 nitrogen and oxygen atoms in total. The van der Waals surface area contributed by atoms with Crippen molar-refractivity contribution in [3.05, 3.63) is 76.0 Å². The summed E-state index contributed by atoms with van der Waals surface area (Å²) < 4.78 is 2.63. The van der Waals surface area contributed by atoms with E-state index in [1.165, 1.54) is 11.3 Å². The molecule has 0 aliphatic rings. The lowest BCUT2D eigenvalue weighted by atomic mass is 10.1. The molecule has 0 aliphatic carbocycles. The van der Waals surface area contributed by atoms with E-state index in [1.54, 1.807) is 10.8 Å². The van der Waals surface area contributed by atoms with Crippen LogP contribution in [0.4, 0.5) is 0 Å². The minimum Gasteiger partial charge on any atom is -0.550 e. The van der Waals surface area contributed by atoms with Gasteiger partial charge in [0.2, 0.25) is 0 Å². The van der Waals surface area contributed by atoms with Gasteiger partial charge in [0, 0.05) is 18.0 Å². The Morgan fingerprint density at radius 1 is 1.18 bits per heavy atom. The monoisotopic (exact) mass is 408 g/mol. The van der Waals surface area contributed by atoms with Crippen LogP contribution in [0.2, 0.25) is 5.15 Å². The third kappa shape index (κ3) is 3.56. The van der Waals surface area contributed by atoms with Crippen LogP contribution in [0.25, 0.3) is 27.6 Å². The minimum absolute atomic E-state index is 0.258. The molecule has 2 aromatic heterocycles. The van der Waals surface area contributed by atoms with Crippen molar-refractivity contribution in [1.29, 1.82) is 0 Å². The maximum Gasteiger partial charge on any atom is 0.140 e. The number of nitrogens with zero attached hydrogens (tertiary/aromatic N) is 3. The first-order chi connectivity index (χ1) is 13.5. The molecule has 2 aromatic carbocycles. The van der Waals surface area contributed by atoms with Crippen LogP contribution in [-0.2, 0) is 4.79 Å². The SMILES string of the molecule is Cc1nn(-c2ccccc2)c(Cl)c1/C=C(\CC(=O)[O-])c1nc2ccccc2s1. The fraction of sp³-hybridized carbons (Fsp3) is 0.0952. The van der Waals surface area contributed by atoms with E-state index >= 15 is 0 Å². The van der Waals surface area contributed by atoms with Crippen molar-refractivity contribution in [2.75, 3.05) is 0 Å². The molecule has 0 saturated carbocycles. The van der Waals surface area contributed by atoms with Gasteiger partial charge in [-0.15, -0.1) is 11.3 Å². The van der Waals surface area contributed by atoms with Crippen LogP contribution in [0.3, 0.4) is 0 Å². The molecule has 0 amide bonds. The first-order valence-corrected chi connectivity index (χ1v) is 9.79. The zero-order chi connectivity index (χ0) is 19.7. The maximum absolute atomic E-state index is 11.4. The highest BCUT2D eigenvalue weighted by Gasteiger charge is 2.16. The van der Waals surface area contributed by atoms with Gasteiger partial charge < -0.3 is 9.90 Å². The minimum atomic E-state index is -1.17. The number of carboxylic acid groups (broad SMARTS) is 1. The van der Waals surface area contributed by atoms with Gasteiger partial charge in [-0.05, 0) is 42.8 Å². The Kier molecular flexibility index (Phi) is 4.98. The Hall–Kier alpha value is -2.96. The highest BCUT2D eigenvalue weighted by molar-refractivity contribution is 7.19. The second kappa shape index (κ2) is 7.58. The van der Waals surface area contributed by atoms with Gasteiger partial charge in [0.25, 0.3) is 0 Å². The fourth-order valence-electron chi connectivity index (χ4n) is 2.94. The quantitative estimate of drug-likeness (QED) is 0.498. The predicted molar refractivity (Wildman–Crippen MR) is 110 cm³/mol. The number of hydrogen-bond donors (Lipinski definition) is 0. The first kappa shape index (κ1) is 18.4. The van der Waals surface area contributed by atoms with Crippen LogP contribution in [0.1, 0.15) is 22.7 Å². The molecular weight excluding hydrogens is 394 g/mol. The van der Waals surface area contributed by atoms with Crippen molar-refractivity contribution in [3.8, 4) is 5.69 Å². The van der Waals surface area contributed by atoms with E-state index in [9.17, 15) is 9.90 Å². The second-order valence-electron chi connectivity index (χ2n) is 6.24. The highest BCUT2D eigenvalue weighted by Crippen LogP contribution is 2.33. The number of halogens is 1. The summed E-state index contributed by atoms with van der Waals surface area (Å²) in [4.78, 5) is 15.9. The number of aryl methyl sites for hydroxylation is 1. The Balaban J connectivity index is 1.83. The number of benzene rings is 2. The van der Waals surface area contributed by atoms with E-state index in [2.05, 4.69) is 10.1 Å². The first-order valence-electron chi connectivity index (χ1n) is 8.60. The molecule has 0 radical (unpaired) electrons. The van der Waals surface area contributed by atoms with Gasteiger partial charge in [0.15, 0.2) is 0 Å². The molecule has 0 spiro atoms. The van der Waals surface area contributed by atoms with Crippen LogP contribution in [0, 0.1) is 6.92 Å². The van der Waals surface area contributed by atoms with Gasteiger partial charge in [-0.1, -0.05) is 41.9 Å². The van der Waals surface area contributed by atoms with E-state index < -0.39 is 5.97 Å². The van der Waals surface area contributed by atoms with E-state index in [-0.39, 0.29) is 6.42 Å². The maximum atomic E-state index is 11.4. The summed E-state index contributed by atoms with van der Waals surface area (Å²) in [5.74, 6) is -1.17. The van der Waals surface area contributed by atoms with Gasteiger partial charge in [-0.2, -0.15) is 5.10 Å². The molecule has 0 saturated heterocycles. The van der Waals surface area contributed by atoms with E-state index in [4.69, 9.17) is 11.6 Å². The van der Waals surface area contributed by atoms with Crippen molar-refractivity contribution in [1.82, 2.24) is 14.8 Å². The molecule has 4 aromatic rings. The number of para-hydroxylation sites is 2. The lowest BCUT2D eigenvalue weighted by Crippen LogP contribution is -2.22. The third-order valence-electron chi connectivity index (χ3n) is 4.27. The standard InChI is InChI=1S/C21H16ClN3O2S/c1-13-16(20(22)25(24-13)15-7-3-2-4-8-15)11-14(12-19(26)27)21-23-17-9-5-6-10-18(17)28-21/h2-11H,12H2,1H3,(H,26,27)/p-1/b14-11+. The summed E-state index contributed by atoms with van der Waals surface area (Å²) in [6.45, 7) is 1.84. The second-order valence-corrected chi connectivity index (χ2v) is 7.63. The van der Waals surface area contributed by atoms with Gasteiger partial charge in [-0.25, -0.2) is 9.67 Å². The molecule has 4 rings (SSSR count). The van der Waals surface area contributed by atoms with Crippen LogP contribution < -0.4 is 5.11 Å². The number of aliphatic carboxylic acids is 1. The molecule has 7 heteroatoms. The van der Waals surface area contributed by atoms with E-state index in [0.717, 1.165) is 15.9 Å². The number of hydrogen-bond acceptors (Lipinski definition) is 5. The number of rotatable bonds is 5. The largest absolute Gasteiger partial charge is 0.550 e. The summed E-state index contributed by atoms with van der Waals surface area (Å²) >= 11 is 8.03. The van der Waals surface area contributed by atoms with Crippen molar-refractivity contribution in [2.45, 2.75) is 13.3 Å². The van der Waals surface area contributed by atoms with E-state index in [1.807, 2.05) is 61.5 Å². The molecule has 0 bridgehead atoms. The fourth-order valence-corrected chi connectivity index (χ4v) is 4.25. The molecule has 140 valence electrons. The summed E-state index contributed by atoms with van der Waals surface area (Å²) in [5, 5.41) is 16.9. The van der Waals surface area contributed by atoms with Crippen molar-refractivity contribution in [2.24, 2.45) is 0 Å². The zero-order valence-electron chi connectivity index (χ0n) is 14.9. The Bertz CT molecular complexity index is 1160. The van der Waals surface area contributed by atoms with Crippen LogP contribution >= 0.6 is 22.9 Å². The average Bonchev–Trinajstić information content (AvgIpc) is 3.24. The molecule has 0 fully saturated rings. The summed E-state index contributed by atoms with van der Waals surface area (Å²) in [7, 11) is 0. The van der Waals surface area contributed by atoms with E-state index in [0.29, 0.717) is 27.0 Å². The lowest BCUT2D eigenvalue weighted by Gasteiger charge is -2.06. The van der Waals surface area contributed by atoms with Gasteiger partial charge in [0.1, 0.15) is 10.2 Å². The third-order valence-corrected chi connectivity index (χ3v) is 5.75. The van der Waals surface area contributed by atoms with Crippen molar-refractivity contribution in [3.63, 3.8) is 0 Å². The smallest absolute Gasteiger partial charge is 0.140 e. The number of carbonyl (C=O) groups excluding carboxylic acids is 1. The summed E-state index contributed by atoms with van der Waals surface area (Å²) in [6, 6.07) is 17.2. The number of fused-ring (bicyclic) bond motifs is 1. The molecule has 0 unspecified atom stereocenters. The Morgan fingerprint density at radius 2 is 1.89 bits per heavy atom. The summed E-state index contributed by atoms with van der Waals surface area (Å²) in [6.07, 6.45) is 1.49. The molecule has 2 heterocycles. The van der Waals surface area contributed by atoms with Crippen LogP contribution in [0.15, 0.2) is 54.6 Å². The lowest BCUT2D eigenvalue weighted by molar-refractivity contribution is -0.304.